The molecule has 2 heterocycles. The van der Waals surface area contributed by atoms with Crippen molar-refractivity contribution >= 4 is 17.3 Å². The summed E-state index contributed by atoms with van der Waals surface area (Å²) in [4.78, 5) is 14.6. The van der Waals surface area contributed by atoms with E-state index in [9.17, 15) is 4.79 Å². The number of fused-ring (bicyclic) bond motifs is 1. The van der Waals surface area contributed by atoms with Gasteiger partial charge in [0.25, 0.3) is 5.91 Å². The number of carbonyl (C=O) groups excluding carboxylic acids is 1. The van der Waals surface area contributed by atoms with Crippen LogP contribution < -0.4 is 10.6 Å². The predicted octanol–water partition coefficient (Wildman–Crippen LogP) is 2.64. The first-order valence-electron chi connectivity index (χ1n) is 7.56. The summed E-state index contributed by atoms with van der Waals surface area (Å²) in [6.07, 6.45) is 1.11. The third kappa shape index (κ3) is 2.47. The van der Waals surface area contributed by atoms with Crippen LogP contribution in [-0.2, 0) is 0 Å². The average Bonchev–Trinajstić information content (AvgIpc) is 2.49. The zero-order valence-corrected chi connectivity index (χ0v) is 12.3. The van der Waals surface area contributed by atoms with Crippen LogP contribution in [0.2, 0.25) is 0 Å². The summed E-state index contributed by atoms with van der Waals surface area (Å²) in [7, 11) is 0. The van der Waals surface area contributed by atoms with Gasteiger partial charge < -0.3 is 15.5 Å². The average molecular weight is 273 g/mol. The molecule has 0 aromatic heterocycles. The summed E-state index contributed by atoms with van der Waals surface area (Å²) in [5.74, 6) is 1.47. The molecule has 2 N–H and O–H groups in total. The summed E-state index contributed by atoms with van der Waals surface area (Å²) in [6.45, 7) is 8.12. The Kier molecular flexibility index (Phi) is 3.55. The Balaban J connectivity index is 1.77. The van der Waals surface area contributed by atoms with E-state index in [1.165, 1.54) is 0 Å². The van der Waals surface area contributed by atoms with Crippen LogP contribution in [0.25, 0.3) is 0 Å². The number of carbonyl (C=O) groups is 1. The number of likely N-dealkylation sites (tertiary alicyclic amines) is 1. The molecule has 1 amide bonds. The minimum atomic E-state index is 0.166. The van der Waals surface area contributed by atoms with Gasteiger partial charge in [-0.1, -0.05) is 13.8 Å². The predicted molar refractivity (Wildman–Crippen MR) is 82.3 cm³/mol. The number of benzene rings is 1. The zero-order chi connectivity index (χ0) is 14.1. The molecule has 2 aliphatic rings. The van der Waals surface area contributed by atoms with Crippen molar-refractivity contribution in [3.8, 4) is 0 Å². The molecule has 20 heavy (non-hydrogen) atoms. The highest BCUT2D eigenvalue weighted by molar-refractivity contribution is 5.96. The van der Waals surface area contributed by atoms with Gasteiger partial charge in [-0.15, -0.1) is 0 Å². The van der Waals surface area contributed by atoms with Gasteiger partial charge in [0.1, 0.15) is 0 Å². The maximum absolute atomic E-state index is 12.6. The van der Waals surface area contributed by atoms with Crippen molar-refractivity contribution in [2.75, 3.05) is 36.8 Å². The van der Waals surface area contributed by atoms with Crippen LogP contribution in [0.15, 0.2) is 18.2 Å². The lowest BCUT2D eigenvalue weighted by molar-refractivity contribution is 0.0627. The lowest BCUT2D eigenvalue weighted by Crippen LogP contribution is -2.42. The lowest BCUT2D eigenvalue weighted by atomic mass is 9.88. The van der Waals surface area contributed by atoms with Gasteiger partial charge in [0.05, 0.1) is 11.4 Å². The second-order valence-electron chi connectivity index (χ2n) is 6.11. The first-order valence-corrected chi connectivity index (χ1v) is 7.56. The molecule has 0 aliphatic carbocycles. The first kappa shape index (κ1) is 13.3. The number of anilines is 2. The van der Waals surface area contributed by atoms with Crippen LogP contribution in [0.1, 0.15) is 30.6 Å². The molecular formula is C16H23N3O. The van der Waals surface area contributed by atoms with E-state index >= 15 is 0 Å². The number of piperidine rings is 1. The molecule has 0 spiro atoms. The monoisotopic (exact) mass is 273 g/mol. The summed E-state index contributed by atoms with van der Waals surface area (Å²) in [6, 6.07) is 5.92. The van der Waals surface area contributed by atoms with Crippen molar-refractivity contribution in [1.29, 1.82) is 0 Å². The summed E-state index contributed by atoms with van der Waals surface area (Å²) in [5.41, 5.74) is 2.93. The van der Waals surface area contributed by atoms with E-state index in [1.807, 2.05) is 23.1 Å². The van der Waals surface area contributed by atoms with E-state index in [2.05, 4.69) is 24.5 Å². The van der Waals surface area contributed by atoms with Crippen LogP contribution in [0.5, 0.6) is 0 Å². The van der Waals surface area contributed by atoms with Gasteiger partial charge >= 0.3 is 0 Å². The summed E-state index contributed by atoms with van der Waals surface area (Å²) >= 11 is 0. The largest absolute Gasteiger partial charge is 0.382 e. The van der Waals surface area contributed by atoms with Crippen molar-refractivity contribution in [1.82, 2.24) is 4.90 Å². The van der Waals surface area contributed by atoms with Crippen molar-refractivity contribution < 1.29 is 4.79 Å². The van der Waals surface area contributed by atoms with Crippen LogP contribution in [0.4, 0.5) is 11.4 Å². The van der Waals surface area contributed by atoms with E-state index in [0.717, 1.165) is 49.5 Å². The fraction of sp³-hybridized carbons (Fsp3) is 0.562. The van der Waals surface area contributed by atoms with Crippen molar-refractivity contribution in [3.05, 3.63) is 23.8 Å². The van der Waals surface area contributed by atoms with Gasteiger partial charge in [0, 0.05) is 31.7 Å². The molecule has 2 aliphatic heterocycles. The van der Waals surface area contributed by atoms with Gasteiger partial charge in [-0.25, -0.2) is 0 Å². The molecule has 2 unspecified atom stereocenters. The Morgan fingerprint density at radius 1 is 1.15 bits per heavy atom. The van der Waals surface area contributed by atoms with Gasteiger partial charge in [0.15, 0.2) is 0 Å². The molecule has 0 saturated carbocycles. The number of hydrogen-bond donors (Lipinski definition) is 2. The topological polar surface area (TPSA) is 44.4 Å². The molecule has 4 heteroatoms. The molecule has 2 atom stereocenters. The first-order chi connectivity index (χ1) is 9.65. The molecule has 1 fully saturated rings. The molecule has 3 rings (SSSR count). The highest BCUT2D eigenvalue weighted by Gasteiger charge is 2.26. The number of amides is 1. The van der Waals surface area contributed by atoms with Gasteiger partial charge in [-0.05, 0) is 36.5 Å². The Morgan fingerprint density at radius 3 is 2.65 bits per heavy atom. The van der Waals surface area contributed by atoms with Gasteiger partial charge in [0.2, 0.25) is 0 Å². The second kappa shape index (κ2) is 5.35. The number of nitrogens with one attached hydrogen (secondary N) is 2. The Hall–Kier alpha value is -1.71. The zero-order valence-electron chi connectivity index (χ0n) is 12.3. The smallest absolute Gasteiger partial charge is 0.253 e. The second-order valence-corrected chi connectivity index (χ2v) is 6.11. The maximum atomic E-state index is 12.6. The summed E-state index contributed by atoms with van der Waals surface area (Å²) in [5, 5.41) is 6.68. The highest BCUT2D eigenvalue weighted by atomic mass is 16.2. The minimum absolute atomic E-state index is 0.166. The van der Waals surface area contributed by atoms with E-state index in [-0.39, 0.29) is 5.91 Å². The quantitative estimate of drug-likeness (QED) is 0.827. The molecule has 108 valence electrons. The third-order valence-electron chi connectivity index (χ3n) is 4.64. The van der Waals surface area contributed by atoms with E-state index in [1.54, 1.807) is 0 Å². The van der Waals surface area contributed by atoms with E-state index in [0.29, 0.717) is 11.8 Å². The highest BCUT2D eigenvalue weighted by Crippen LogP contribution is 2.28. The molecule has 4 nitrogen and oxygen atoms in total. The molecular weight excluding hydrogens is 250 g/mol. The van der Waals surface area contributed by atoms with Crippen molar-refractivity contribution in [3.63, 3.8) is 0 Å². The van der Waals surface area contributed by atoms with Crippen LogP contribution in [0, 0.1) is 11.8 Å². The molecule has 1 aromatic carbocycles. The standard InChI is InChI=1S/C16H23N3O/c1-11-5-8-19(10-12(11)2)16(20)13-3-4-14-15(9-13)18-7-6-17-14/h3-4,9,11-12,17-18H,5-8,10H2,1-2H3. The SMILES string of the molecule is CC1CCN(C(=O)c2ccc3c(c2)NCCN3)CC1C. The number of rotatable bonds is 1. The maximum Gasteiger partial charge on any atom is 0.253 e. The number of hydrogen-bond acceptors (Lipinski definition) is 3. The van der Waals surface area contributed by atoms with Crippen LogP contribution in [-0.4, -0.2) is 37.0 Å². The third-order valence-corrected chi connectivity index (χ3v) is 4.64. The summed E-state index contributed by atoms with van der Waals surface area (Å²) < 4.78 is 0. The normalized spacial score (nSPS) is 25.4. The molecule has 1 aromatic rings. The molecule has 0 radical (unpaired) electrons. The van der Waals surface area contributed by atoms with Gasteiger partial charge in [-0.2, -0.15) is 0 Å². The Morgan fingerprint density at radius 2 is 1.90 bits per heavy atom. The molecule has 1 saturated heterocycles. The van der Waals surface area contributed by atoms with Crippen molar-refractivity contribution in [2.24, 2.45) is 11.8 Å². The van der Waals surface area contributed by atoms with E-state index < -0.39 is 0 Å². The van der Waals surface area contributed by atoms with Crippen LogP contribution >= 0.6 is 0 Å². The van der Waals surface area contributed by atoms with E-state index in [4.69, 9.17) is 0 Å². The molecule has 0 bridgehead atoms. The number of nitrogens with zero attached hydrogens (tertiary/aromatic N) is 1. The lowest BCUT2D eigenvalue weighted by Gasteiger charge is -2.35. The Bertz CT molecular complexity index is 514. The van der Waals surface area contributed by atoms with Crippen molar-refractivity contribution in [2.45, 2.75) is 20.3 Å². The minimum Gasteiger partial charge on any atom is -0.382 e. The fourth-order valence-electron chi connectivity index (χ4n) is 3.00. The van der Waals surface area contributed by atoms with Gasteiger partial charge in [-0.3, -0.25) is 4.79 Å². The Labute approximate surface area is 120 Å². The van der Waals surface area contributed by atoms with Crippen LogP contribution in [0.3, 0.4) is 0 Å². The fourth-order valence-corrected chi connectivity index (χ4v) is 3.00.